The van der Waals surface area contributed by atoms with Gasteiger partial charge in [0.25, 0.3) is 5.91 Å². The third kappa shape index (κ3) is 4.33. The van der Waals surface area contributed by atoms with Crippen LogP contribution < -0.4 is 10.6 Å². The number of nitrogens with zero attached hydrogens (tertiary/aromatic N) is 4. The smallest absolute Gasteiger partial charge is 0.261 e. The van der Waals surface area contributed by atoms with Gasteiger partial charge in [0, 0.05) is 48.7 Å². The molecule has 3 heterocycles. The van der Waals surface area contributed by atoms with E-state index in [9.17, 15) is 14.7 Å². The minimum atomic E-state index is -0.354. The first-order valence-corrected chi connectivity index (χ1v) is 10.5. The number of aromatic nitrogens is 3. The van der Waals surface area contributed by atoms with Crippen molar-refractivity contribution in [3.05, 3.63) is 52.8 Å². The molecule has 0 saturated carbocycles. The molecule has 1 fully saturated rings. The van der Waals surface area contributed by atoms with E-state index in [-0.39, 0.29) is 24.3 Å². The number of hydrogen-bond donors (Lipinski definition) is 3. The number of aliphatic hydroxyl groups excluding tert-OH is 1. The lowest BCUT2D eigenvalue weighted by atomic mass is 10.0. The fourth-order valence-electron chi connectivity index (χ4n) is 3.67. The van der Waals surface area contributed by atoms with Crippen molar-refractivity contribution in [1.29, 1.82) is 0 Å². The number of nitrogens with one attached hydrogen (secondary N) is 2. The van der Waals surface area contributed by atoms with Crippen LogP contribution in [0.4, 0.5) is 11.5 Å². The monoisotopic (exact) mass is 442 g/mol. The molecule has 10 heteroatoms. The highest BCUT2D eigenvalue weighted by molar-refractivity contribution is 6.30. The van der Waals surface area contributed by atoms with E-state index in [4.69, 9.17) is 16.6 Å². The molecular formula is C21H23ClN6O3. The van der Waals surface area contributed by atoms with Crippen molar-refractivity contribution in [2.45, 2.75) is 19.3 Å². The molecule has 162 valence electrons. The van der Waals surface area contributed by atoms with Gasteiger partial charge in [-0.05, 0) is 31.2 Å². The molecule has 2 aromatic heterocycles. The Kier molecular flexibility index (Phi) is 6.06. The van der Waals surface area contributed by atoms with Gasteiger partial charge in [0.15, 0.2) is 5.65 Å². The molecule has 1 atom stereocenters. The van der Waals surface area contributed by atoms with Gasteiger partial charge in [-0.1, -0.05) is 11.6 Å². The lowest BCUT2D eigenvalue weighted by Crippen LogP contribution is -2.24. The first kappa shape index (κ1) is 21.1. The first-order valence-electron chi connectivity index (χ1n) is 10.1. The zero-order valence-electron chi connectivity index (χ0n) is 17.0. The zero-order valence-corrected chi connectivity index (χ0v) is 17.8. The van der Waals surface area contributed by atoms with E-state index in [1.807, 2.05) is 13.0 Å². The van der Waals surface area contributed by atoms with Crippen LogP contribution in [0.15, 0.2) is 36.5 Å². The Morgan fingerprint density at radius 2 is 2.10 bits per heavy atom. The van der Waals surface area contributed by atoms with Gasteiger partial charge in [-0.2, -0.15) is 9.61 Å². The summed E-state index contributed by atoms with van der Waals surface area (Å²) in [6.07, 6.45) is 1.83. The van der Waals surface area contributed by atoms with Crippen LogP contribution in [0.1, 0.15) is 35.3 Å². The number of hydrogen-bond acceptors (Lipinski definition) is 6. The quantitative estimate of drug-likeness (QED) is 0.518. The van der Waals surface area contributed by atoms with Gasteiger partial charge >= 0.3 is 0 Å². The van der Waals surface area contributed by atoms with Crippen LogP contribution in [0.25, 0.3) is 5.65 Å². The van der Waals surface area contributed by atoms with Gasteiger partial charge in [0.05, 0.1) is 18.5 Å². The lowest BCUT2D eigenvalue weighted by Gasteiger charge is -2.15. The molecule has 9 nitrogen and oxygen atoms in total. The number of anilines is 2. The Morgan fingerprint density at radius 1 is 1.32 bits per heavy atom. The molecule has 1 aliphatic rings. The van der Waals surface area contributed by atoms with Gasteiger partial charge < -0.3 is 20.6 Å². The van der Waals surface area contributed by atoms with Crippen LogP contribution in [0.3, 0.4) is 0 Å². The molecule has 0 radical (unpaired) electrons. The normalized spacial score (nSPS) is 16.2. The molecule has 3 aromatic rings. The maximum absolute atomic E-state index is 12.9. The van der Waals surface area contributed by atoms with Crippen molar-refractivity contribution in [1.82, 2.24) is 19.5 Å². The number of rotatable bonds is 7. The number of carbonyl (C=O) groups is 2. The molecular weight excluding hydrogens is 420 g/mol. The summed E-state index contributed by atoms with van der Waals surface area (Å²) in [5.74, 6) is 0.261. The van der Waals surface area contributed by atoms with Crippen molar-refractivity contribution < 1.29 is 14.7 Å². The van der Waals surface area contributed by atoms with E-state index in [0.29, 0.717) is 59.5 Å². The topological polar surface area (TPSA) is 112 Å². The van der Waals surface area contributed by atoms with Gasteiger partial charge in [-0.3, -0.25) is 9.59 Å². The number of benzene rings is 1. The zero-order chi connectivity index (χ0) is 22.0. The summed E-state index contributed by atoms with van der Waals surface area (Å²) >= 11 is 5.91. The number of likely N-dealkylation sites (tertiary alicyclic amines) is 1. The van der Waals surface area contributed by atoms with Gasteiger partial charge in [0.2, 0.25) is 5.91 Å². The van der Waals surface area contributed by atoms with E-state index in [0.717, 1.165) is 0 Å². The van der Waals surface area contributed by atoms with E-state index >= 15 is 0 Å². The summed E-state index contributed by atoms with van der Waals surface area (Å²) in [5.41, 5.74) is 1.99. The summed E-state index contributed by atoms with van der Waals surface area (Å²) in [6, 6.07) is 8.63. The van der Waals surface area contributed by atoms with Crippen molar-refractivity contribution >= 4 is 40.6 Å². The Hall–Kier alpha value is -3.17. The molecule has 0 bridgehead atoms. The molecule has 31 heavy (non-hydrogen) atoms. The van der Waals surface area contributed by atoms with Crippen molar-refractivity contribution in [3.8, 4) is 0 Å². The number of halogens is 1. The molecule has 0 spiro atoms. The van der Waals surface area contributed by atoms with E-state index in [1.54, 1.807) is 29.2 Å². The van der Waals surface area contributed by atoms with Crippen LogP contribution in [0, 0.1) is 0 Å². The summed E-state index contributed by atoms with van der Waals surface area (Å²) < 4.78 is 1.53. The van der Waals surface area contributed by atoms with Crippen LogP contribution >= 0.6 is 11.6 Å². The summed E-state index contributed by atoms with van der Waals surface area (Å²) in [6.45, 7) is 3.43. The van der Waals surface area contributed by atoms with Crippen molar-refractivity contribution in [2.75, 3.05) is 36.9 Å². The average Bonchev–Trinajstić information content (AvgIpc) is 3.37. The minimum Gasteiger partial charge on any atom is -0.395 e. The largest absolute Gasteiger partial charge is 0.395 e. The average molecular weight is 443 g/mol. The number of aliphatic hydroxyl groups is 1. The highest BCUT2D eigenvalue weighted by atomic mass is 35.5. The minimum absolute atomic E-state index is 0.0597. The maximum atomic E-state index is 12.9. The second kappa shape index (κ2) is 8.91. The Labute approximate surface area is 184 Å². The fourth-order valence-corrected chi connectivity index (χ4v) is 3.79. The van der Waals surface area contributed by atoms with Gasteiger partial charge in [-0.25, -0.2) is 4.98 Å². The first-order chi connectivity index (χ1) is 15.0. The van der Waals surface area contributed by atoms with Crippen LogP contribution in [0.5, 0.6) is 0 Å². The standard InChI is InChI=1S/C21H23ClN6O3/c1-2-27-12-13(9-19(27)30)17-10-18(23-7-8-29)28-20(26-17)16(11-24-28)21(31)25-15-5-3-14(22)4-6-15/h3-6,10-11,13,23,29H,2,7-9,12H2,1H3,(H,25,31). The number of carbonyl (C=O) groups excluding carboxylic acids is 2. The summed E-state index contributed by atoms with van der Waals surface area (Å²) in [4.78, 5) is 31.6. The molecule has 1 unspecified atom stereocenters. The van der Waals surface area contributed by atoms with Crippen molar-refractivity contribution in [3.63, 3.8) is 0 Å². The molecule has 3 N–H and O–H groups in total. The van der Waals surface area contributed by atoms with Gasteiger partial charge in [0.1, 0.15) is 11.4 Å². The molecule has 4 rings (SSSR count). The number of amides is 2. The number of likely N-dealkylation sites (N-methyl/N-ethyl adjacent to an activating group) is 1. The SMILES string of the molecule is CCN1CC(c2cc(NCCO)n3ncc(C(=O)Nc4ccc(Cl)cc4)c3n2)CC1=O. The second-order valence-corrected chi connectivity index (χ2v) is 7.74. The third-order valence-corrected chi connectivity index (χ3v) is 5.52. The molecule has 2 amide bonds. The Bertz CT molecular complexity index is 1110. The molecule has 1 saturated heterocycles. The second-order valence-electron chi connectivity index (χ2n) is 7.30. The van der Waals surface area contributed by atoms with Crippen molar-refractivity contribution in [2.24, 2.45) is 0 Å². The predicted molar refractivity (Wildman–Crippen MR) is 118 cm³/mol. The highest BCUT2D eigenvalue weighted by Crippen LogP contribution is 2.29. The predicted octanol–water partition coefficient (Wildman–Crippen LogP) is 2.38. The van der Waals surface area contributed by atoms with Gasteiger partial charge in [-0.15, -0.1) is 0 Å². The Balaban J connectivity index is 1.70. The Morgan fingerprint density at radius 3 is 2.77 bits per heavy atom. The molecule has 0 aliphatic carbocycles. The van der Waals surface area contributed by atoms with E-state index in [1.165, 1.54) is 10.7 Å². The lowest BCUT2D eigenvalue weighted by molar-refractivity contribution is -0.127. The van der Waals surface area contributed by atoms with Crippen LogP contribution in [-0.2, 0) is 4.79 Å². The molecule has 1 aliphatic heterocycles. The summed E-state index contributed by atoms with van der Waals surface area (Å²) in [5, 5.41) is 20.1. The number of fused-ring (bicyclic) bond motifs is 1. The van der Waals surface area contributed by atoms with E-state index in [2.05, 4.69) is 15.7 Å². The van der Waals surface area contributed by atoms with Crippen LogP contribution in [0.2, 0.25) is 5.02 Å². The third-order valence-electron chi connectivity index (χ3n) is 5.27. The summed E-state index contributed by atoms with van der Waals surface area (Å²) in [7, 11) is 0. The maximum Gasteiger partial charge on any atom is 0.261 e. The highest BCUT2D eigenvalue weighted by Gasteiger charge is 2.31. The van der Waals surface area contributed by atoms with Crippen LogP contribution in [-0.4, -0.2) is 62.7 Å². The fraction of sp³-hybridized carbons (Fsp3) is 0.333. The van der Waals surface area contributed by atoms with E-state index < -0.39 is 0 Å². The molecule has 1 aromatic carbocycles.